The van der Waals surface area contributed by atoms with Gasteiger partial charge in [0.25, 0.3) is 0 Å². The van der Waals surface area contributed by atoms with Crippen molar-refractivity contribution in [2.24, 2.45) is 0 Å². The number of rotatable bonds is 2. The van der Waals surface area contributed by atoms with E-state index in [1.807, 2.05) is 6.07 Å². The normalized spacial score (nSPS) is 10.5. The first kappa shape index (κ1) is 9.98. The maximum absolute atomic E-state index is 11.6. The van der Waals surface area contributed by atoms with E-state index in [4.69, 9.17) is 16.3 Å². The summed E-state index contributed by atoms with van der Waals surface area (Å²) in [5.41, 5.74) is 2.55. The van der Waals surface area contributed by atoms with Crippen molar-refractivity contribution in [2.75, 3.05) is 7.11 Å². The third-order valence-corrected chi connectivity index (χ3v) is 2.50. The van der Waals surface area contributed by atoms with Gasteiger partial charge in [-0.1, -0.05) is 6.07 Å². The van der Waals surface area contributed by atoms with Gasteiger partial charge in [0.2, 0.25) is 0 Å². The third-order valence-electron chi connectivity index (χ3n) is 2.21. The predicted octanol–water partition coefficient (Wildman–Crippen LogP) is 2.09. The highest BCUT2D eigenvalue weighted by molar-refractivity contribution is 6.18. The predicted molar refractivity (Wildman–Crippen MR) is 57.0 cm³/mol. The summed E-state index contributed by atoms with van der Waals surface area (Å²) in [4.78, 5) is 18.6. The molecule has 15 heavy (non-hydrogen) atoms. The molecule has 2 rings (SSSR count). The van der Waals surface area contributed by atoms with Crippen LogP contribution < -0.4 is 0 Å². The number of benzene rings is 1. The molecule has 2 aromatic rings. The molecule has 0 amide bonds. The molecule has 1 N–H and O–H groups in total. The van der Waals surface area contributed by atoms with Crippen molar-refractivity contribution in [3.05, 3.63) is 29.6 Å². The fourth-order valence-electron chi connectivity index (χ4n) is 1.49. The van der Waals surface area contributed by atoms with Crippen LogP contribution >= 0.6 is 11.6 Å². The molecule has 0 radical (unpaired) electrons. The Labute approximate surface area is 91.2 Å². The van der Waals surface area contributed by atoms with Gasteiger partial charge in [0.1, 0.15) is 5.52 Å². The number of nitrogens with one attached hydrogen (secondary N) is 1. The molecule has 78 valence electrons. The number of H-pyrrole nitrogens is 1. The van der Waals surface area contributed by atoms with Gasteiger partial charge < -0.3 is 9.72 Å². The van der Waals surface area contributed by atoms with E-state index in [0.29, 0.717) is 11.1 Å². The van der Waals surface area contributed by atoms with Crippen LogP contribution in [0.3, 0.4) is 0 Å². The van der Waals surface area contributed by atoms with E-state index in [-0.39, 0.29) is 5.88 Å². The fraction of sp³-hybridized carbons (Fsp3) is 0.200. The molecule has 0 unspecified atom stereocenters. The first-order valence-corrected chi connectivity index (χ1v) is 4.90. The van der Waals surface area contributed by atoms with Gasteiger partial charge in [0, 0.05) is 5.88 Å². The van der Waals surface area contributed by atoms with Gasteiger partial charge in [-0.15, -0.1) is 11.6 Å². The molecule has 0 saturated carbocycles. The number of carbonyl (C=O) groups excluding carboxylic acids is 1. The standard InChI is InChI=1S/C10H9ClN2O2/c1-15-10(14)8-6(4-11)2-3-7-9(8)13-5-12-7/h2-3,5H,4H2,1H3,(H,12,13). The quantitative estimate of drug-likeness (QED) is 0.628. The number of esters is 1. The van der Waals surface area contributed by atoms with Crippen molar-refractivity contribution in [1.82, 2.24) is 9.97 Å². The second kappa shape index (κ2) is 3.90. The molecule has 0 spiro atoms. The molecule has 0 fully saturated rings. The summed E-state index contributed by atoms with van der Waals surface area (Å²) < 4.78 is 4.70. The SMILES string of the molecule is COC(=O)c1c(CCl)ccc2[nH]cnc12. The Morgan fingerprint density at radius 1 is 1.60 bits per heavy atom. The summed E-state index contributed by atoms with van der Waals surface area (Å²) in [6.45, 7) is 0. The Kier molecular flexibility index (Phi) is 2.60. The molecule has 0 aliphatic carbocycles. The highest BCUT2D eigenvalue weighted by Gasteiger charge is 2.16. The minimum absolute atomic E-state index is 0.257. The van der Waals surface area contributed by atoms with Gasteiger partial charge in [0.05, 0.1) is 24.5 Å². The number of alkyl halides is 1. The Balaban J connectivity index is 2.74. The van der Waals surface area contributed by atoms with E-state index in [1.165, 1.54) is 13.4 Å². The number of carbonyl (C=O) groups is 1. The Morgan fingerprint density at radius 3 is 3.07 bits per heavy atom. The maximum Gasteiger partial charge on any atom is 0.340 e. The average molecular weight is 225 g/mol. The zero-order chi connectivity index (χ0) is 10.8. The van der Waals surface area contributed by atoms with Gasteiger partial charge in [0.15, 0.2) is 0 Å². The van der Waals surface area contributed by atoms with Crippen molar-refractivity contribution < 1.29 is 9.53 Å². The molecule has 1 aromatic heterocycles. The zero-order valence-corrected chi connectivity index (χ0v) is 8.84. The van der Waals surface area contributed by atoms with Crippen molar-refractivity contribution >= 4 is 28.6 Å². The molecular weight excluding hydrogens is 216 g/mol. The number of fused-ring (bicyclic) bond motifs is 1. The number of halogens is 1. The summed E-state index contributed by atoms with van der Waals surface area (Å²) in [7, 11) is 1.34. The van der Waals surface area contributed by atoms with E-state index in [1.54, 1.807) is 6.07 Å². The van der Waals surface area contributed by atoms with Crippen LogP contribution in [0.25, 0.3) is 11.0 Å². The number of aromatic nitrogens is 2. The number of imidazole rings is 1. The molecule has 4 nitrogen and oxygen atoms in total. The number of aromatic amines is 1. The summed E-state index contributed by atoms with van der Waals surface area (Å²) in [6, 6.07) is 3.63. The third kappa shape index (κ3) is 1.57. The number of hydrogen-bond acceptors (Lipinski definition) is 3. The Hall–Kier alpha value is -1.55. The largest absolute Gasteiger partial charge is 0.465 e. The van der Waals surface area contributed by atoms with Crippen LogP contribution in [0.4, 0.5) is 0 Å². The second-order valence-electron chi connectivity index (χ2n) is 3.02. The lowest BCUT2D eigenvalue weighted by Crippen LogP contribution is -2.06. The van der Waals surface area contributed by atoms with Crippen LogP contribution in [-0.4, -0.2) is 23.0 Å². The van der Waals surface area contributed by atoms with E-state index in [0.717, 1.165) is 11.1 Å². The summed E-state index contributed by atoms with van der Waals surface area (Å²) in [6.07, 6.45) is 1.54. The van der Waals surface area contributed by atoms with Crippen LogP contribution in [0.1, 0.15) is 15.9 Å². The smallest absolute Gasteiger partial charge is 0.340 e. The topological polar surface area (TPSA) is 55.0 Å². The Bertz CT molecular complexity index is 507. The molecular formula is C10H9ClN2O2. The molecule has 0 aliphatic heterocycles. The molecule has 1 aromatic carbocycles. The van der Waals surface area contributed by atoms with Crippen LogP contribution in [0.5, 0.6) is 0 Å². The molecule has 0 bridgehead atoms. The molecule has 1 heterocycles. The number of hydrogen-bond donors (Lipinski definition) is 1. The number of methoxy groups -OCH3 is 1. The number of nitrogens with zero attached hydrogens (tertiary/aromatic N) is 1. The van der Waals surface area contributed by atoms with Gasteiger partial charge in [-0.05, 0) is 11.6 Å². The Morgan fingerprint density at radius 2 is 2.40 bits per heavy atom. The molecule has 0 aliphatic rings. The molecule has 0 atom stereocenters. The fourth-order valence-corrected chi connectivity index (χ4v) is 1.71. The van der Waals surface area contributed by atoms with E-state index < -0.39 is 5.97 Å². The lowest BCUT2D eigenvalue weighted by molar-refractivity contribution is 0.0602. The van der Waals surface area contributed by atoms with Crippen molar-refractivity contribution in [3.63, 3.8) is 0 Å². The zero-order valence-electron chi connectivity index (χ0n) is 8.08. The van der Waals surface area contributed by atoms with E-state index in [9.17, 15) is 4.79 Å². The van der Waals surface area contributed by atoms with Crippen LogP contribution in [0.2, 0.25) is 0 Å². The van der Waals surface area contributed by atoms with Gasteiger partial charge in [-0.3, -0.25) is 0 Å². The monoisotopic (exact) mass is 224 g/mol. The lowest BCUT2D eigenvalue weighted by atomic mass is 10.1. The first-order valence-electron chi connectivity index (χ1n) is 4.37. The minimum atomic E-state index is -0.414. The van der Waals surface area contributed by atoms with Gasteiger partial charge >= 0.3 is 5.97 Å². The molecule has 0 saturated heterocycles. The van der Waals surface area contributed by atoms with Crippen LogP contribution in [0.15, 0.2) is 18.5 Å². The van der Waals surface area contributed by atoms with Crippen molar-refractivity contribution in [1.29, 1.82) is 0 Å². The second-order valence-corrected chi connectivity index (χ2v) is 3.29. The van der Waals surface area contributed by atoms with Crippen molar-refractivity contribution in [3.8, 4) is 0 Å². The highest BCUT2D eigenvalue weighted by atomic mass is 35.5. The van der Waals surface area contributed by atoms with Crippen LogP contribution in [-0.2, 0) is 10.6 Å². The van der Waals surface area contributed by atoms with E-state index >= 15 is 0 Å². The van der Waals surface area contributed by atoms with Crippen LogP contribution in [0, 0.1) is 0 Å². The van der Waals surface area contributed by atoms with E-state index in [2.05, 4.69) is 9.97 Å². The summed E-state index contributed by atoms with van der Waals surface area (Å²) in [5.74, 6) is -0.156. The lowest BCUT2D eigenvalue weighted by Gasteiger charge is -2.05. The van der Waals surface area contributed by atoms with Gasteiger partial charge in [-0.25, -0.2) is 9.78 Å². The highest BCUT2D eigenvalue weighted by Crippen LogP contribution is 2.21. The average Bonchev–Trinajstić information content (AvgIpc) is 2.74. The molecule has 5 heteroatoms. The van der Waals surface area contributed by atoms with Crippen molar-refractivity contribution in [2.45, 2.75) is 5.88 Å². The maximum atomic E-state index is 11.6. The minimum Gasteiger partial charge on any atom is -0.465 e. The number of ether oxygens (including phenoxy) is 1. The first-order chi connectivity index (χ1) is 7.27. The van der Waals surface area contributed by atoms with Gasteiger partial charge in [-0.2, -0.15) is 0 Å². The summed E-state index contributed by atoms with van der Waals surface area (Å²) in [5, 5.41) is 0. The summed E-state index contributed by atoms with van der Waals surface area (Å²) >= 11 is 5.75.